The van der Waals surface area contributed by atoms with E-state index in [1.165, 1.54) is 12.1 Å². The Labute approximate surface area is 116 Å². The molecule has 0 radical (unpaired) electrons. The number of alkyl halides is 2. The summed E-state index contributed by atoms with van der Waals surface area (Å²) in [7, 11) is 0. The molecule has 0 saturated carbocycles. The molecule has 108 valence electrons. The molecular formula is C15H17F2NO2. The molecule has 2 amide bonds. The third kappa shape index (κ3) is 3.03. The number of hydrogen-bond donors (Lipinski definition) is 1. The van der Waals surface area contributed by atoms with Crippen molar-refractivity contribution in [2.75, 3.05) is 0 Å². The van der Waals surface area contributed by atoms with Crippen LogP contribution in [-0.4, -0.2) is 11.8 Å². The van der Waals surface area contributed by atoms with Crippen LogP contribution in [0.3, 0.4) is 0 Å². The van der Waals surface area contributed by atoms with Crippen LogP contribution in [0.4, 0.5) is 8.78 Å². The van der Waals surface area contributed by atoms with Crippen molar-refractivity contribution in [1.82, 2.24) is 5.32 Å². The zero-order valence-corrected chi connectivity index (χ0v) is 11.2. The highest BCUT2D eigenvalue weighted by atomic mass is 19.3. The van der Waals surface area contributed by atoms with E-state index in [9.17, 15) is 18.4 Å². The van der Waals surface area contributed by atoms with Crippen LogP contribution >= 0.6 is 0 Å². The summed E-state index contributed by atoms with van der Waals surface area (Å²) in [5.41, 5.74) is 0.570. The molecule has 2 unspecified atom stereocenters. The largest absolute Gasteiger partial charge is 0.296 e. The zero-order valence-electron chi connectivity index (χ0n) is 11.2. The molecule has 5 heteroatoms. The fourth-order valence-electron chi connectivity index (χ4n) is 2.72. The van der Waals surface area contributed by atoms with Gasteiger partial charge in [0.1, 0.15) is 0 Å². The number of carbonyl (C=O) groups is 2. The van der Waals surface area contributed by atoms with Crippen LogP contribution in [0.2, 0.25) is 0 Å². The predicted molar refractivity (Wildman–Crippen MR) is 70.3 cm³/mol. The van der Waals surface area contributed by atoms with E-state index in [0.717, 1.165) is 6.42 Å². The third-order valence-corrected chi connectivity index (χ3v) is 3.68. The fraction of sp³-hybridized carbons (Fsp3) is 0.467. The highest BCUT2D eigenvalue weighted by molar-refractivity contribution is 5.99. The average molecular weight is 281 g/mol. The van der Waals surface area contributed by atoms with E-state index in [1.807, 2.05) is 6.92 Å². The maximum atomic E-state index is 12.8. The molecule has 3 nitrogen and oxygen atoms in total. The van der Waals surface area contributed by atoms with Crippen LogP contribution in [-0.2, 0) is 9.59 Å². The number of nitrogens with one attached hydrogen (secondary N) is 1. The van der Waals surface area contributed by atoms with Gasteiger partial charge in [-0.25, -0.2) is 8.78 Å². The SMILES string of the molecule is CCCC1C(=O)NC(=O)CC1c1cccc(C(F)F)c1. The van der Waals surface area contributed by atoms with Crippen molar-refractivity contribution >= 4 is 11.8 Å². The fourth-order valence-corrected chi connectivity index (χ4v) is 2.72. The molecule has 1 saturated heterocycles. The minimum Gasteiger partial charge on any atom is -0.296 e. The van der Waals surface area contributed by atoms with Crippen molar-refractivity contribution in [1.29, 1.82) is 0 Å². The number of piperidine rings is 1. The van der Waals surface area contributed by atoms with Crippen molar-refractivity contribution in [3.8, 4) is 0 Å². The third-order valence-electron chi connectivity index (χ3n) is 3.68. The molecule has 20 heavy (non-hydrogen) atoms. The Balaban J connectivity index is 2.33. The molecule has 1 aromatic rings. The van der Waals surface area contributed by atoms with Gasteiger partial charge in [0.25, 0.3) is 6.43 Å². The van der Waals surface area contributed by atoms with Gasteiger partial charge in [0.05, 0.1) is 0 Å². The number of halogens is 2. The van der Waals surface area contributed by atoms with Gasteiger partial charge in [-0.1, -0.05) is 31.5 Å². The van der Waals surface area contributed by atoms with E-state index in [0.29, 0.717) is 12.0 Å². The molecule has 1 N–H and O–H groups in total. The van der Waals surface area contributed by atoms with Gasteiger partial charge in [-0.05, 0) is 18.1 Å². The van der Waals surface area contributed by atoms with Crippen LogP contribution in [0.15, 0.2) is 24.3 Å². The second kappa shape index (κ2) is 6.11. The number of rotatable bonds is 4. The van der Waals surface area contributed by atoms with Crippen molar-refractivity contribution in [3.05, 3.63) is 35.4 Å². The normalized spacial score (nSPS) is 23.0. The predicted octanol–water partition coefficient (Wildman–Crippen LogP) is 3.17. The summed E-state index contributed by atoms with van der Waals surface area (Å²) in [6.45, 7) is 1.95. The molecule has 1 aromatic carbocycles. The zero-order chi connectivity index (χ0) is 14.7. The van der Waals surface area contributed by atoms with E-state index in [4.69, 9.17) is 0 Å². The van der Waals surface area contributed by atoms with E-state index in [1.54, 1.807) is 12.1 Å². The maximum absolute atomic E-state index is 12.8. The summed E-state index contributed by atoms with van der Waals surface area (Å²) >= 11 is 0. The van der Waals surface area contributed by atoms with Gasteiger partial charge < -0.3 is 0 Å². The van der Waals surface area contributed by atoms with Crippen molar-refractivity contribution in [2.45, 2.75) is 38.5 Å². The summed E-state index contributed by atoms with van der Waals surface area (Å²) in [5.74, 6) is -1.27. The molecule has 0 bridgehead atoms. The Morgan fingerprint density at radius 3 is 2.75 bits per heavy atom. The minimum absolute atomic E-state index is 0.0730. The second-order valence-electron chi connectivity index (χ2n) is 5.09. The molecule has 1 fully saturated rings. The number of carbonyl (C=O) groups excluding carboxylic acids is 2. The highest BCUT2D eigenvalue weighted by Crippen LogP contribution is 2.35. The van der Waals surface area contributed by atoms with Crippen LogP contribution in [0.5, 0.6) is 0 Å². The van der Waals surface area contributed by atoms with E-state index < -0.39 is 6.43 Å². The monoisotopic (exact) mass is 281 g/mol. The first kappa shape index (κ1) is 14.6. The summed E-state index contributed by atoms with van der Waals surface area (Å²) in [5, 5.41) is 2.33. The van der Waals surface area contributed by atoms with Crippen LogP contribution in [0, 0.1) is 5.92 Å². The molecular weight excluding hydrogens is 264 g/mol. The first-order chi connectivity index (χ1) is 9.52. The van der Waals surface area contributed by atoms with Crippen molar-refractivity contribution in [3.63, 3.8) is 0 Å². The number of imide groups is 1. The molecule has 1 heterocycles. The molecule has 2 rings (SSSR count). The number of benzene rings is 1. The van der Waals surface area contributed by atoms with Gasteiger partial charge in [-0.15, -0.1) is 0 Å². The average Bonchev–Trinajstić information content (AvgIpc) is 2.41. The van der Waals surface area contributed by atoms with Gasteiger partial charge in [-0.2, -0.15) is 0 Å². The van der Waals surface area contributed by atoms with Crippen LogP contribution in [0.25, 0.3) is 0 Å². The standard InChI is InChI=1S/C15H17F2NO2/c1-2-4-11-12(8-13(19)18-15(11)20)9-5-3-6-10(7-9)14(16)17/h3,5-7,11-12,14H,2,4,8H2,1H3,(H,18,19,20). The lowest BCUT2D eigenvalue weighted by molar-refractivity contribution is -0.137. The first-order valence-electron chi connectivity index (χ1n) is 6.74. The summed E-state index contributed by atoms with van der Waals surface area (Å²) in [4.78, 5) is 23.5. The summed E-state index contributed by atoms with van der Waals surface area (Å²) in [6, 6.07) is 6.03. The maximum Gasteiger partial charge on any atom is 0.263 e. The van der Waals surface area contributed by atoms with Gasteiger partial charge in [-0.3, -0.25) is 14.9 Å². The van der Waals surface area contributed by atoms with Crippen LogP contribution < -0.4 is 5.32 Å². The Bertz CT molecular complexity index is 516. The number of hydrogen-bond acceptors (Lipinski definition) is 2. The lowest BCUT2D eigenvalue weighted by atomic mass is 9.78. The quantitative estimate of drug-likeness (QED) is 0.862. The lowest BCUT2D eigenvalue weighted by Gasteiger charge is -2.30. The van der Waals surface area contributed by atoms with Crippen molar-refractivity contribution < 1.29 is 18.4 Å². The molecule has 2 atom stereocenters. The number of amides is 2. The molecule has 0 spiro atoms. The molecule has 0 aliphatic carbocycles. The molecule has 0 aromatic heterocycles. The Morgan fingerprint density at radius 2 is 2.10 bits per heavy atom. The van der Waals surface area contributed by atoms with Crippen LogP contribution in [0.1, 0.15) is 49.7 Å². The highest BCUT2D eigenvalue weighted by Gasteiger charge is 2.36. The first-order valence-corrected chi connectivity index (χ1v) is 6.74. The van der Waals surface area contributed by atoms with Gasteiger partial charge in [0, 0.05) is 23.8 Å². The lowest BCUT2D eigenvalue weighted by Crippen LogP contribution is -2.44. The molecule has 1 aliphatic rings. The Kier molecular flexibility index (Phi) is 4.47. The van der Waals surface area contributed by atoms with E-state index in [2.05, 4.69) is 5.32 Å². The van der Waals surface area contributed by atoms with Gasteiger partial charge in [0.15, 0.2) is 0 Å². The smallest absolute Gasteiger partial charge is 0.263 e. The molecule has 1 aliphatic heterocycles. The van der Waals surface area contributed by atoms with Crippen molar-refractivity contribution in [2.24, 2.45) is 5.92 Å². The van der Waals surface area contributed by atoms with E-state index >= 15 is 0 Å². The summed E-state index contributed by atoms with van der Waals surface area (Å²) in [6.07, 6.45) is -0.934. The summed E-state index contributed by atoms with van der Waals surface area (Å²) < 4.78 is 25.5. The minimum atomic E-state index is -2.55. The Morgan fingerprint density at radius 1 is 1.35 bits per heavy atom. The van der Waals surface area contributed by atoms with Gasteiger partial charge >= 0.3 is 0 Å². The van der Waals surface area contributed by atoms with E-state index in [-0.39, 0.29) is 35.6 Å². The second-order valence-corrected chi connectivity index (χ2v) is 5.09. The topological polar surface area (TPSA) is 46.2 Å². The van der Waals surface area contributed by atoms with Gasteiger partial charge in [0.2, 0.25) is 11.8 Å². The Hall–Kier alpha value is -1.78.